The number of alkyl halides is 3. The Morgan fingerprint density at radius 2 is 1.52 bits per heavy atom. The number of hydrogen-bond donors (Lipinski definition) is 2. The van der Waals surface area contributed by atoms with Crippen molar-refractivity contribution < 1.29 is 41.4 Å². The molecular formula is C18H24BrF3N2O6S. The number of rotatable bonds is 6. The highest BCUT2D eigenvalue weighted by atomic mass is 79.9. The third kappa shape index (κ3) is 8.65. The van der Waals surface area contributed by atoms with Crippen molar-refractivity contribution in [2.45, 2.75) is 20.0 Å². The highest BCUT2D eigenvalue weighted by Crippen LogP contribution is 2.22. The van der Waals surface area contributed by atoms with Crippen LogP contribution in [0, 0.1) is 11.8 Å². The van der Waals surface area contributed by atoms with Crippen molar-refractivity contribution in [2.24, 2.45) is 11.8 Å². The van der Waals surface area contributed by atoms with Gasteiger partial charge < -0.3 is 15.1 Å². The zero-order chi connectivity index (χ0) is 24.0. The molecule has 0 aliphatic carbocycles. The predicted molar refractivity (Wildman–Crippen MR) is 111 cm³/mol. The molecule has 1 fully saturated rings. The van der Waals surface area contributed by atoms with Crippen molar-refractivity contribution in [3.63, 3.8) is 0 Å². The lowest BCUT2D eigenvalue weighted by Crippen LogP contribution is -2.50. The molecule has 2 N–H and O–H groups in total. The van der Waals surface area contributed by atoms with Crippen molar-refractivity contribution in [1.29, 1.82) is 0 Å². The Morgan fingerprint density at radius 1 is 1.06 bits per heavy atom. The lowest BCUT2D eigenvalue weighted by Gasteiger charge is -2.36. The Balaban J connectivity index is 0.000000592. The van der Waals surface area contributed by atoms with E-state index >= 15 is 0 Å². The molecule has 0 aromatic heterocycles. The molecule has 13 heteroatoms. The van der Waals surface area contributed by atoms with Crippen LogP contribution in [-0.4, -0.2) is 73.0 Å². The number of aliphatic carboxylic acids is 2. The van der Waals surface area contributed by atoms with Gasteiger partial charge in [0.2, 0.25) is 10.0 Å². The second-order valence-electron chi connectivity index (χ2n) is 7.13. The first kappa shape index (κ1) is 27.2. The number of halogens is 4. The van der Waals surface area contributed by atoms with Gasteiger partial charge in [-0.3, -0.25) is 4.79 Å². The summed E-state index contributed by atoms with van der Waals surface area (Å²) < 4.78 is 59.2. The highest BCUT2D eigenvalue weighted by Gasteiger charge is 2.38. The Labute approximate surface area is 186 Å². The van der Waals surface area contributed by atoms with Crippen LogP contribution in [0.2, 0.25) is 0 Å². The van der Waals surface area contributed by atoms with E-state index in [1.165, 1.54) is 4.31 Å². The van der Waals surface area contributed by atoms with Crippen LogP contribution < -0.4 is 4.90 Å². The van der Waals surface area contributed by atoms with Crippen LogP contribution in [0.15, 0.2) is 28.7 Å². The number of hydrogen-bond acceptors (Lipinski definition) is 5. The molecule has 1 saturated heterocycles. The van der Waals surface area contributed by atoms with Crippen molar-refractivity contribution in [3.05, 3.63) is 28.7 Å². The number of carboxylic acid groups (broad SMARTS) is 2. The maximum Gasteiger partial charge on any atom is 0.490 e. The van der Waals surface area contributed by atoms with Crippen molar-refractivity contribution in [1.82, 2.24) is 4.31 Å². The van der Waals surface area contributed by atoms with Gasteiger partial charge in [0.05, 0.1) is 11.7 Å². The van der Waals surface area contributed by atoms with Crippen LogP contribution in [0.3, 0.4) is 0 Å². The zero-order valence-electron chi connectivity index (χ0n) is 16.8. The molecule has 0 radical (unpaired) electrons. The van der Waals surface area contributed by atoms with E-state index < -0.39 is 34.1 Å². The van der Waals surface area contributed by atoms with Crippen molar-refractivity contribution >= 4 is 43.6 Å². The Morgan fingerprint density at radius 3 is 1.87 bits per heavy atom. The summed E-state index contributed by atoms with van der Waals surface area (Å²) >= 11 is 3.40. The summed E-state index contributed by atoms with van der Waals surface area (Å²) in [5.74, 6) is -5.24. The van der Waals surface area contributed by atoms with E-state index in [4.69, 9.17) is 9.90 Å². The fourth-order valence-corrected chi connectivity index (χ4v) is 4.93. The average Bonchev–Trinajstić information content (AvgIpc) is 2.66. The summed E-state index contributed by atoms with van der Waals surface area (Å²) in [4.78, 5) is 22.3. The molecule has 8 nitrogen and oxygen atoms in total. The van der Waals surface area contributed by atoms with Crippen LogP contribution in [0.25, 0.3) is 0 Å². The standard InChI is InChI=1S/C16H23BrN2O4S.C2HF3O2/c1-12(2)15(16(20)21)11-24(22,23)19-9-7-18(8-10-19)14-5-3-13(17)4-6-14;3-2(4,5)1(6)7/h3-6,12,15H,7-11H2,1-2H3,(H,20,21);(H,6,7). The maximum atomic E-state index is 12.5. The van der Waals surface area contributed by atoms with Gasteiger partial charge in [0.25, 0.3) is 0 Å². The van der Waals surface area contributed by atoms with Gasteiger partial charge in [0, 0.05) is 36.3 Å². The minimum atomic E-state index is -5.08. The van der Waals surface area contributed by atoms with E-state index in [0.29, 0.717) is 26.2 Å². The number of carboxylic acids is 2. The van der Waals surface area contributed by atoms with Crippen molar-refractivity contribution in [3.8, 4) is 0 Å². The molecule has 1 atom stereocenters. The molecule has 1 aliphatic heterocycles. The van der Waals surface area contributed by atoms with Crippen LogP contribution in [0.5, 0.6) is 0 Å². The maximum absolute atomic E-state index is 12.5. The molecule has 1 unspecified atom stereocenters. The first-order valence-electron chi connectivity index (χ1n) is 9.16. The predicted octanol–water partition coefficient (Wildman–Crippen LogP) is 2.89. The minimum Gasteiger partial charge on any atom is -0.481 e. The van der Waals surface area contributed by atoms with Crippen LogP contribution in [0.4, 0.5) is 18.9 Å². The Kier molecular flexibility index (Phi) is 9.76. The van der Waals surface area contributed by atoms with Crippen LogP contribution in [0.1, 0.15) is 13.8 Å². The number of piperazine rings is 1. The van der Waals surface area contributed by atoms with E-state index in [9.17, 15) is 31.5 Å². The molecule has 1 heterocycles. The van der Waals surface area contributed by atoms with Crippen LogP contribution >= 0.6 is 15.9 Å². The first-order chi connectivity index (χ1) is 14.1. The van der Waals surface area contributed by atoms with E-state index in [0.717, 1.165) is 10.2 Å². The fraction of sp³-hybridized carbons (Fsp3) is 0.556. The number of sulfonamides is 1. The van der Waals surface area contributed by atoms with E-state index in [-0.39, 0.29) is 11.7 Å². The lowest BCUT2D eigenvalue weighted by molar-refractivity contribution is -0.192. The number of nitrogens with zero attached hydrogens (tertiary/aromatic N) is 2. The van der Waals surface area contributed by atoms with E-state index in [1.54, 1.807) is 13.8 Å². The second-order valence-corrected chi connectivity index (χ2v) is 10.1. The summed E-state index contributed by atoms with van der Waals surface area (Å²) in [6.45, 7) is 5.42. The molecule has 0 saturated carbocycles. The van der Waals surface area contributed by atoms with Gasteiger partial charge in [-0.2, -0.15) is 17.5 Å². The Bertz CT molecular complexity index is 854. The molecule has 1 aliphatic rings. The zero-order valence-corrected chi connectivity index (χ0v) is 19.2. The molecule has 0 bridgehead atoms. The summed E-state index contributed by atoms with van der Waals surface area (Å²) in [7, 11) is -3.57. The molecule has 31 heavy (non-hydrogen) atoms. The van der Waals surface area contributed by atoms with E-state index in [2.05, 4.69) is 20.8 Å². The number of anilines is 1. The monoisotopic (exact) mass is 532 g/mol. The van der Waals surface area contributed by atoms with Gasteiger partial charge in [0.15, 0.2) is 0 Å². The fourth-order valence-electron chi connectivity index (χ4n) is 2.76. The summed E-state index contributed by atoms with van der Waals surface area (Å²) in [5.41, 5.74) is 1.06. The van der Waals surface area contributed by atoms with E-state index in [1.807, 2.05) is 24.3 Å². The normalized spacial score (nSPS) is 16.4. The molecular weight excluding hydrogens is 509 g/mol. The molecule has 176 valence electrons. The lowest BCUT2D eigenvalue weighted by atomic mass is 9.98. The van der Waals surface area contributed by atoms with Gasteiger partial charge in [0.1, 0.15) is 0 Å². The minimum absolute atomic E-state index is 0.221. The molecule has 1 aromatic carbocycles. The second kappa shape index (κ2) is 11.1. The van der Waals surface area contributed by atoms with Crippen molar-refractivity contribution in [2.75, 3.05) is 36.8 Å². The van der Waals surface area contributed by atoms with Gasteiger partial charge >= 0.3 is 18.1 Å². The average molecular weight is 533 g/mol. The highest BCUT2D eigenvalue weighted by molar-refractivity contribution is 9.10. The quantitative estimate of drug-likeness (QED) is 0.578. The van der Waals surface area contributed by atoms with Gasteiger partial charge in [-0.25, -0.2) is 13.2 Å². The topological polar surface area (TPSA) is 115 Å². The van der Waals surface area contributed by atoms with Gasteiger partial charge in [-0.15, -0.1) is 0 Å². The number of benzene rings is 1. The largest absolute Gasteiger partial charge is 0.490 e. The summed E-state index contributed by atoms with van der Waals surface area (Å²) in [6.07, 6.45) is -5.08. The number of carbonyl (C=O) groups is 2. The van der Waals surface area contributed by atoms with Gasteiger partial charge in [-0.05, 0) is 30.2 Å². The molecule has 1 aromatic rings. The Hall–Kier alpha value is -1.86. The summed E-state index contributed by atoms with van der Waals surface area (Å²) in [5, 5.41) is 16.3. The molecule has 2 rings (SSSR count). The smallest absolute Gasteiger partial charge is 0.481 e. The van der Waals surface area contributed by atoms with Gasteiger partial charge in [-0.1, -0.05) is 29.8 Å². The molecule has 0 amide bonds. The SMILES string of the molecule is CC(C)C(CS(=O)(=O)N1CCN(c2ccc(Br)cc2)CC1)C(=O)O.O=C(O)C(F)(F)F. The summed E-state index contributed by atoms with van der Waals surface area (Å²) in [6, 6.07) is 7.90. The van der Waals surface area contributed by atoms with Crippen LogP contribution in [-0.2, 0) is 19.6 Å². The third-order valence-electron chi connectivity index (χ3n) is 4.58. The first-order valence-corrected chi connectivity index (χ1v) is 11.6. The third-order valence-corrected chi connectivity index (χ3v) is 7.04. The molecule has 0 spiro atoms.